The van der Waals surface area contributed by atoms with Crippen LogP contribution < -0.4 is 5.32 Å². The first kappa shape index (κ1) is 23.9. The van der Waals surface area contributed by atoms with Gasteiger partial charge in [-0.3, -0.25) is 24.4 Å². The number of halogens is 4. The molecule has 0 aromatic carbocycles. The molecule has 1 N–H and O–H groups in total. The molecule has 156 valence electrons. The highest BCUT2D eigenvalue weighted by molar-refractivity contribution is 14.0. The zero-order valence-corrected chi connectivity index (χ0v) is 17.9. The minimum absolute atomic E-state index is 0. The third kappa shape index (κ3) is 6.47. The first-order valence-electron chi connectivity index (χ1n) is 8.83. The van der Waals surface area contributed by atoms with E-state index in [2.05, 4.69) is 10.3 Å². The van der Waals surface area contributed by atoms with Gasteiger partial charge < -0.3 is 10.2 Å². The van der Waals surface area contributed by atoms with Crippen molar-refractivity contribution >= 4 is 41.8 Å². The van der Waals surface area contributed by atoms with Gasteiger partial charge in [-0.05, 0) is 13.3 Å². The van der Waals surface area contributed by atoms with Crippen LogP contribution in [0.2, 0.25) is 0 Å². The number of carbonyl (C=O) groups excluding carboxylic acids is 2. The molecular weight excluding hydrogens is 478 g/mol. The highest BCUT2D eigenvalue weighted by Crippen LogP contribution is 2.25. The summed E-state index contributed by atoms with van der Waals surface area (Å²) in [5.74, 6) is 0.252. The maximum Gasteiger partial charge on any atom is 0.403 e. The standard InChI is InChI=1S/C16H26F3N5O2.HI/c1-12(16(17,18)19)22-8-10-23(11-9-22)15(20-2)21-6-7-24-13(25)4-3-5-14(24)26;/h12H,3-11H2,1-2H3,(H,20,21);1H. The van der Waals surface area contributed by atoms with Gasteiger partial charge in [0, 0.05) is 59.2 Å². The van der Waals surface area contributed by atoms with E-state index < -0.39 is 12.2 Å². The lowest BCUT2D eigenvalue weighted by atomic mass is 10.1. The Labute approximate surface area is 174 Å². The van der Waals surface area contributed by atoms with Crippen molar-refractivity contribution < 1.29 is 22.8 Å². The number of nitrogens with zero attached hydrogens (tertiary/aromatic N) is 4. The van der Waals surface area contributed by atoms with Crippen molar-refractivity contribution in [2.45, 2.75) is 38.4 Å². The molecule has 1 atom stereocenters. The summed E-state index contributed by atoms with van der Waals surface area (Å²) >= 11 is 0. The Kier molecular flexibility index (Phi) is 9.25. The number of carbonyl (C=O) groups is 2. The maximum absolute atomic E-state index is 12.8. The molecule has 0 aromatic heterocycles. The Morgan fingerprint density at radius 3 is 2.19 bits per heavy atom. The van der Waals surface area contributed by atoms with Gasteiger partial charge in [0.25, 0.3) is 0 Å². The normalized spacial score (nSPS) is 21.1. The molecule has 0 bridgehead atoms. The predicted molar refractivity (Wildman–Crippen MR) is 106 cm³/mol. The van der Waals surface area contributed by atoms with E-state index in [4.69, 9.17) is 0 Å². The third-order valence-corrected chi connectivity index (χ3v) is 4.85. The largest absolute Gasteiger partial charge is 0.403 e. The van der Waals surface area contributed by atoms with Gasteiger partial charge in [0.1, 0.15) is 6.04 Å². The van der Waals surface area contributed by atoms with Gasteiger partial charge >= 0.3 is 6.18 Å². The summed E-state index contributed by atoms with van der Waals surface area (Å²) < 4.78 is 38.4. The van der Waals surface area contributed by atoms with Gasteiger partial charge in [-0.2, -0.15) is 13.2 Å². The van der Waals surface area contributed by atoms with Crippen LogP contribution in [0, 0.1) is 0 Å². The number of rotatable bonds is 4. The van der Waals surface area contributed by atoms with Crippen LogP contribution in [0.25, 0.3) is 0 Å². The SMILES string of the molecule is CN=C(NCCN1C(=O)CCCC1=O)N1CCN(C(C)C(F)(F)F)CC1.I. The molecule has 2 saturated heterocycles. The Morgan fingerprint density at radius 2 is 1.70 bits per heavy atom. The summed E-state index contributed by atoms with van der Waals surface area (Å²) in [4.78, 5) is 32.3. The van der Waals surface area contributed by atoms with E-state index in [1.807, 2.05) is 4.90 Å². The number of aliphatic imine (C=N–C) groups is 1. The summed E-state index contributed by atoms with van der Waals surface area (Å²) in [6, 6.07) is -1.46. The summed E-state index contributed by atoms with van der Waals surface area (Å²) in [5, 5.41) is 3.09. The lowest BCUT2D eigenvalue weighted by Crippen LogP contribution is -2.57. The maximum atomic E-state index is 12.8. The molecule has 7 nitrogen and oxygen atoms in total. The number of hydrogen-bond donors (Lipinski definition) is 1. The van der Waals surface area contributed by atoms with E-state index >= 15 is 0 Å². The minimum atomic E-state index is -4.23. The average Bonchev–Trinajstić information content (AvgIpc) is 2.60. The first-order valence-corrected chi connectivity index (χ1v) is 8.83. The fourth-order valence-corrected chi connectivity index (χ4v) is 3.19. The average molecular weight is 505 g/mol. The van der Waals surface area contributed by atoms with E-state index in [1.165, 1.54) is 16.7 Å². The lowest BCUT2D eigenvalue weighted by molar-refractivity contribution is -0.181. The number of nitrogens with one attached hydrogen (secondary N) is 1. The number of piperazine rings is 1. The van der Waals surface area contributed by atoms with Crippen LogP contribution in [0.3, 0.4) is 0 Å². The van der Waals surface area contributed by atoms with Crippen LogP contribution in [-0.2, 0) is 9.59 Å². The second kappa shape index (κ2) is 10.4. The fourth-order valence-electron chi connectivity index (χ4n) is 3.19. The van der Waals surface area contributed by atoms with Crippen molar-refractivity contribution in [2.75, 3.05) is 46.3 Å². The fraction of sp³-hybridized carbons (Fsp3) is 0.812. The van der Waals surface area contributed by atoms with E-state index in [0.29, 0.717) is 57.9 Å². The summed E-state index contributed by atoms with van der Waals surface area (Å²) in [5.41, 5.74) is 0. The molecule has 1 unspecified atom stereocenters. The molecule has 2 rings (SSSR count). The highest BCUT2D eigenvalue weighted by Gasteiger charge is 2.41. The summed E-state index contributed by atoms with van der Waals surface area (Å²) in [6.07, 6.45) is -2.85. The van der Waals surface area contributed by atoms with Crippen molar-refractivity contribution in [1.29, 1.82) is 0 Å². The van der Waals surface area contributed by atoms with E-state index in [0.717, 1.165) is 0 Å². The Balaban J connectivity index is 0.00000364. The van der Waals surface area contributed by atoms with Crippen LogP contribution in [0.15, 0.2) is 4.99 Å². The molecule has 2 aliphatic heterocycles. The number of guanidine groups is 1. The van der Waals surface area contributed by atoms with Crippen molar-refractivity contribution in [1.82, 2.24) is 20.0 Å². The van der Waals surface area contributed by atoms with E-state index in [-0.39, 0.29) is 42.3 Å². The number of hydrogen-bond acceptors (Lipinski definition) is 4. The molecule has 2 heterocycles. The van der Waals surface area contributed by atoms with Crippen LogP contribution in [0.1, 0.15) is 26.2 Å². The summed E-state index contributed by atoms with van der Waals surface area (Å²) in [7, 11) is 1.60. The Bertz CT molecular complexity index is 535. The lowest BCUT2D eigenvalue weighted by Gasteiger charge is -2.39. The minimum Gasteiger partial charge on any atom is -0.354 e. The number of imide groups is 1. The van der Waals surface area contributed by atoms with Crippen molar-refractivity contribution in [2.24, 2.45) is 4.99 Å². The topological polar surface area (TPSA) is 68.2 Å². The number of piperidine rings is 1. The van der Waals surface area contributed by atoms with Crippen LogP contribution in [0.4, 0.5) is 13.2 Å². The molecule has 2 aliphatic rings. The monoisotopic (exact) mass is 505 g/mol. The van der Waals surface area contributed by atoms with Crippen LogP contribution in [-0.4, -0.2) is 91.0 Å². The van der Waals surface area contributed by atoms with E-state index in [1.54, 1.807) is 7.05 Å². The van der Waals surface area contributed by atoms with Crippen LogP contribution in [0.5, 0.6) is 0 Å². The third-order valence-electron chi connectivity index (χ3n) is 4.85. The predicted octanol–water partition coefficient (Wildman–Crippen LogP) is 1.29. The molecule has 11 heteroatoms. The van der Waals surface area contributed by atoms with Crippen molar-refractivity contribution in [3.8, 4) is 0 Å². The van der Waals surface area contributed by atoms with Gasteiger partial charge in [0.15, 0.2) is 5.96 Å². The second-order valence-electron chi connectivity index (χ2n) is 6.51. The van der Waals surface area contributed by atoms with Crippen molar-refractivity contribution in [3.63, 3.8) is 0 Å². The van der Waals surface area contributed by atoms with Gasteiger partial charge in [-0.15, -0.1) is 24.0 Å². The smallest absolute Gasteiger partial charge is 0.354 e. The number of alkyl halides is 3. The van der Waals surface area contributed by atoms with Gasteiger partial charge in [-0.1, -0.05) is 0 Å². The molecule has 2 amide bonds. The Hall–Kier alpha value is -1.11. The second-order valence-corrected chi connectivity index (χ2v) is 6.51. The molecule has 0 aliphatic carbocycles. The molecule has 27 heavy (non-hydrogen) atoms. The number of amides is 2. The van der Waals surface area contributed by atoms with Gasteiger partial charge in [0.05, 0.1) is 0 Å². The molecule has 0 saturated carbocycles. The quantitative estimate of drug-likeness (QED) is 0.270. The van der Waals surface area contributed by atoms with Crippen molar-refractivity contribution in [3.05, 3.63) is 0 Å². The number of likely N-dealkylation sites (tertiary alicyclic amines) is 1. The zero-order valence-electron chi connectivity index (χ0n) is 15.6. The zero-order chi connectivity index (χ0) is 19.3. The molecule has 0 spiro atoms. The first-order chi connectivity index (χ1) is 12.2. The van der Waals surface area contributed by atoms with Gasteiger partial charge in [0.2, 0.25) is 11.8 Å². The summed E-state index contributed by atoms with van der Waals surface area (Å²) in [6.45, 7) is 3.26. The molecular formula is C16H27F3IN5O2. The molecule has 2 fully saturated rings. The van der Waals surface area contributed by atoms with Gasteiger partial charge in [-0.25, -0.2) is 0 Å². The van der Waals surface area contributed by atoms with Crippen LogP contribution >= 0.6 is 24.0 Å². The Morgan fingerprint density at radius 1 is 1.15 bits per heavy atom. The highest BCUT2D eigenvalue weighted by atomic mass is 127. The molecule has 0 radical (unpaired) electrons. The molecule has 0 aromatic rings. The van der Waals surface area contributed by atoms with E-state index in [9.17, 15) is 22.8 Å².